The lowest BCUT2D eigenvalue weighted by Crippen LogP contribution is -2.22. The van der Waals surface area contributed by atoms with Crippen molar-refractivity contribution in [2.75, 3.05) is 19.5 Å². The Labute approximate surface area is 135 Å². The predicted octanol–water partition coefficient (Wildman–Crippen LogP) is 4.36. The third-order valence-electron chi connectivity index (χ3n) is 4.93. The molecule has 2 aliphatic carbocycles. The van der Waals surface area contributed by atoms with Gasteiger partial charge in [-0.3, -0.25) is 10.2 Å². The largest absolute Gasteiger partial charge is 0.493 e. The fourth-order valence-electron chi connectivity index (χ4n) is 3.69. The number of ether oxygens (including phenoxy) is 2. The monoisotopic (exact) mass is 313 g/mol. The van der Waals surface area contributed by atoms with Gasteiger partial charge in [0.2, 0.25) is 0 Å². The number of methoxy groups -OCH3 is 2. The molecule has 1 fully saturated rings. The first kappa shape index (κ1) is 14.3. The molecule has 1 aliphatic heterocycles. The summed E-state index contributed by atoms with van der Waals surface area (Å²) in [4.78, 5) is 0. The number of aromatic amines is 2. The molecule has 1 aromatic carbocycles. The van der Waals surface area contributed by atoms with Crippen molar-refractivity contribution in [2.45, 2.75) is 38.1 Å². The first-order chi connectivity index (χ1) is 11.3. The molecule has 0 radical (unpaired) electrons. The van der Waals surface area contributed by atoms with Gasteiger partial charge in [0.05, 0.1) is 19.9 Å². The van der Waals surface area contributed by atoms with Crippen molar-refractivity contribution < 1.29 is 9.47 Å². The van der Waals surface area contributed by atoms with Gasteiger partial charge in [-0.2, -0.15) is 0 Å². The third-order valence-corrected chi connectivity index (χ3v) is 4.93. The van der Waals surface area contributed by atoms with E-state index in [1.807, 2.05) is 12.1 Å². The van der Waals surface area contributed by atoms with Crippen molar-refractivity contribution in [3.05, 3.63) is 18.2 Å². The zero-order valence-electron chi connectivity index (χ0n) is 13.7. The van der Waals surface area contributed by atoms with Gasteiger partial charge in [0.15, 0.2) is 11.5 Å². The molecule has 3 aliphatic rings. The highest BCUT2D eigenvalue weighted by molar-refractivity contribution is 6.05. The molecule has 5 heteroatoms. The highest BCUT2D eigenvalue weighted by Gasteiger charge is 2.21. The zero-order chi connectivity index (χ0) is 15.8. The number of aromatic nitrogens is 2. The SMILES string of the molecule is COc1cc2cc3c(NC4CCCCC4)[nH][nH]c-3c2cc1OC. The van der Waals surface area contributed by atoms with Gasteiger partial charge in [-0.25, -0.2) is 0 Å². The summed E-state index contributed by atoms with van der Waals surface area (Å²) < 4.78 is 10.8. The number of nitrogens with one attached hydrogen (secondary N) is 3. The minimum atomic E-state index is 0.570. The number of rotatable bonds is 4. The highest BCUT2D eigenvalue weighted by atomic mass is 16.5. The molecular weight excluding hydrogens is 290 g/mol. The van der Waals surface area contributed by atoms with Gasteiger partial charge >= 0.3 is 0 Å². The lowest BCUT2D eigenvalue weighted by Gasteiger charge is -2.23. The van der Waals surface area contributed by atoms with E-state index in [4.69, 9.17) is 9.47 Å². The molecule has 0 unspecified atom stereocenters. The van der Waals surface area contributed by atoms with E-state index >= 15 is 0 Å². The molecule has 0 aromatic heterocycles. The molecule has 1 aromatic rings. The van der Waals surface area contributed by atoms with Crippen LogP contribution in [0.15, 0.2) is 18.2 Å². The minimum absolute atomic E-state index is 0.570. The molecule has 122 valence electrons. The second-order valence-electron chi connectivity index (χ2n) is 6.33. The summed E-state index contributed by atoms with van der Waals surface area (Å²) in [5, 5.41) is 12.6. The maximum Gasteiger partial charge on any atom is 0.161 e. The van der Waals surface area contributed by atoms with Gasteiger partial charge in [0, 0.05) is 17.0 Å². The fourth-order valence-corrected chi connectivity index (χ4v) is 3.69. The number of anilines is 1. The van der Waals surface area contributed by atoms with E-state index in [0.717, 1.165) is 33.8 Å². The molecule has 5 nitrogen and oxygen atoms in total. The molecule has 3 N–H and O–H groups in total. The van der Waals surface area contributed by atoms with Crippen molar-refractivity contribution in [1.82, 2.24) is 10.2 Å². The van der Waals surface area contributed by atoms with E-state index in [1.165, 1.54) is 37.7 Å². The van der Waals surface area contributed by atoms with Gasteiger partial charge in [-0.15, -0.1) is 0 Å². The first-order valence-corrected chi connectivity index (χ1v) is 8.31. The Morgan fingerprint density at radius 1 is 0.957 bits per heavy atom. The molecule has 23 heavy (non-hydrogen) atoms. The van der Waals surface area contributed by atoms with E-state index in [2.05, 4.69) is 21.6 Å². The van der Waals surface area contributed by atoms with Crippen LogP contribution in [0.1, 0.15) is 32.1 Å². The molecule has 4 rings (SSSR count). The second kappa shape index (κ2) is 5.72. The summed E-state index contributed by atoms with van der Waals surface area (Å²) >= 11 is 0. The van der Waals surface area contributed by atoms with E-state index in [-0.39, 0.29) is 0 Å². The summed E-state index contributed by atoms with van der Waals surface area (Å²) in [6, 6.07) is 6.84. The quantitative estimate of drug-likeness (QED) is 0.670. The van der Waals surface area contributed by atoms with E-state index in [0.29, 0.717) is 6.04 Å². The van der Waals surface area contributed by atoms with Crippen LogP contribution in [0.3, 0.4) is 0 Å². The topological polar surface area (TPSA) is 62.1 Å². The fraction of sp³-hybridized carbons (Fsp3) is 0.444. The molecular formula is C18H23N3O2. The van der Waals surface area contributed by atoms with Crippen molar-refractivity contribution in [2.24, 2.45) is 0 Å². The lowest BCUT2D eigenvalue weighted by atomic mass is 9.95. The average molecular weight is 313 g/mol. The molecule has 0 atom stereocenters. The summed E-state index contributed by atoms with van der Waals surface area (Å²) in [5.74, 6) is 2.60. The Balaban J connectivity index is 1.72. The number of benzene rings is 1. The van der Waals surface area contributed by atoms with Crippen molar-refractivity contribution in [1.29, 1.82) is 0 Å². The summed E-state index contributed by atoms with van der Waals surface area (Å²) in [7, 11) is 3.34. The van der Waals surface area contributed by atoms with Crippen LogP contribution in [-0.2, 0) is 0 Å². The molecule has 0 spiro atoms. The Hall–Kier alpha value is -2.30. The lowest BCUT2D eigenvalue weighted by molar-refractivity contribution is 0.356. The summed E-state index contributed by atoms with van der Waals surface area (Å²) in [6.45, 7) is 0. The molecule has 1 heterocycles. The number of hydrogen-bond donors (Lipinski definition) is 3. The van der Waals surface area contributed by atoms with Crippen LogP contribution in [0.25, 0.3) is 22.0 Å². The average Bonchev–Trinajstić information content (AvgIpc) is 3.14. The van der Waals surface area contributed by atoms with E-state index in [1.54, 1.807) is 14.2 Å². The van der Waals surface area contributed by atoms with Crippen molar-refractivity contribution >= 4 is 16.6 Å². The third kappa shape index (κ3) is 2.40. The van der Waals surface area contributed by atoms with Crippen molar-refractivity contribution in [3.8, 4) is 22.8 Å². The number of hydrogen-bond acceptors (Lipinski definition) is 3. The van der Waals surface area contributed by atoms with E-state index < -0.39 is 0 Å². The van der Waals surface area contributed by atoms with Gasteiger partial charge in [-0.05, 0) is 36.4 Å². The first-order valence-electron chi connectivity index (χ1n) is 8.31. The van der Waals surface area contributed by atoms with Gasteiger partial charge in [0.1, 0.15) is 5.82 Å². The molecule has 0 saturated heterocycles. The molecule has 0 bridgehead atoms. The second-order valence-corrected chi connectivity index (χ2v) is 6.33. The van der Waals surface area contributed by atoms with Crippen molar-refractivity contribution in [3.63, 3.8) is 0 Å². The Kier molecular flexibility index (Phi) is 3.56. The normalized spacial score (nSPS) is 16.1. The predicted molar refractivity (Wildman–Crippen MR) is 92.9 cm³/mol. The highest BCUT2D eigenvalue weighted by Crippen LogP contribution is 2.42. The van der Waals surface area contributed by atoms with E-state index in [9.17, 15) is 0 Å². The minimum Gasteiger partial charge on any atom is -0.493 e. The maximum absolute atomic E-state index is 5.43. The van der Waals surface area contributed by atoms with Crippen LogP contribution in [0.2, 0.25) is 0 Å². The smallest absolute Gasteiger partial charge is 0.161 e. The van der Waals surface area contributed by atoms with Gasteiger partial charge < -0.3 is 14.8 Å². The molecule has 1 saturated carbocycles. The van der Waals surface area contributed by atoms with Gasteiger partial charge in [-0.1, -0.05) is 19.3 Å². The Morgan fingerprint density at radius 3 is 2.43 bits per heavy atom. The van der Waals surface area contributed by atoms with Crippen LogP contribution < -0.4 is 14.8 Å². The van der Waals surface area contributed by atoms with Crippen LogP contribution in [0.4, 0.5) is 5.82 Å². The standard InChI is InChI=1S/C18H23N3O2/c1-22-15-9-11-8-14-17(13(11)10-16(15)23-2)20-21-18(14)19-12-6-4-3-5-7-12/h8-10,12,19-21H,3-7H2,1-2H3. The maximum atomic E-state index is 5.43. The van der Waals surface area contributed by atoms with Gasteiger partial charge in [0.25, 0.3) is 0 Å². The Morgan fingerprint density at radius 2 is 1.70 bits per heavy atom. The zero-order valence-corrected chi connectivity index (χ0v) is 13.7. The summed E-state index contributed by atoms with van der Waals surface area (Å²) in [5.41, 5.74) is 2.31. The summed E-state index contributed by atoms with van der Waals surface area (Å²) in [6.07, 6.45) is 6.51. The number of H-pyrrole nitrogens is 2. The Bertz CT molecular complexity index is 783. The van der Waals surface area contributed by atoms with Crippen LogP contribution in [0.5, 0.6) is 11.5 Å². The van der Waals surface area contributed by atoms with Crippen LogP contribution in [-0.4, -0.2) is 30.5 Å². The van der Waals surface area contributed by atoms with Crippen LogP contribution in [0, 0.1) is 0 Å². The number of fused-ring (bicyclic) bond motifs is 3. The molecule has 0 amide bonds. The van der Waals surface area contributed by atoms with Crippen LogP contribution >= 0.6 is 0 Å².